The van der Waals surface area contributed by atoms with Gasteiger partial charge in [-0.25, -0.2) is 0 Å². The summed E-state index contributed by atoms with van der Waals surface area (Å²) in [6.45, 7) is 5.79. The first-order chi connectivity index (χ1) is 10.5. The molecule has 0 aliphatic carbocycles. The quantitative estimate of drug-likeness (QED) is 0.850. The van der Waals surface area contributed by atoms with Crippen molar-refractivity contribution >= 4 is 5.69 Å². The van der Waals surface area contributed by atoms with Gasteiger partial charge in [0.05, 0.1) is 6.10 Å². The van der Waals surface area contributed by atoms with E-state index in [0.29, 0.717) is 13.1 Å². The molecule has 0 aliphatic rings. The average molecular weight is 303 g/mol. The lowest BCUT2D eigenvalue weighted by atomic mass is 10.2. The third-order valence-corrected chi connectivity index (χ3v) is 3.68. The van der Waals surface area contributed by atoms with Crippen molar-refractivity contribution in [3.8, 4) is 0 Å². The molecule has 1 aromatic carbocycles. The van der Waals surface area contributed by atoms with Crippen LogP contribution in [-0.4, -0.2) is 48.5 Å². The molecule has 0 radical (unpaired) electrons. The summed E-state index contributed by atoms with van der Waals surface area (Å²) < 4.78 is 5.17. The second-order valence-corrected chi connectivity index (χ2v) is 5.89. The summed E-state index contributed by atoms with van der Waals surface area (Å²) in [7, 11) is 3.97. The van der Waals surface area contributed by atoms with Crippen molar-refractivity contribution < 1.29 is 9.63 Å². The summed E-state index contributed by atoms with van der Waals surface area (Å²) in [5, 5.41) is 14.3. The number of likely N-dealkylation sites (N-methyl/N-ethyl adjacent to an activating group) is 2. The number of hydrogen-bond acceptors (Lipinski definition) is 5. The van der Waals surface area contributed by atoms with Gasteiger partial charge >= 0.3 is 0 Å². The maximum Gasteiger partial charge on any atom is 0.157 e. The van der Waals surface area contributed by atoms with Crippen molar-refractivity contribution in [2.24, 2.45) is 0 Å². The van der Waals surface area contributed by atoms with Gasteiger partial charge in [0.2, 0.25) is 0 Å². The standard InChI is InChI=1S/C17H25N3O2/c1-13-17(14(2)22-18-13)20(4)12-16(21)11-19(3)10-15-8-6-5-7-9-15/h5-9,16,21H,10-12H2,1-4H3. The van der Waals surface area contributed by atoms with Gasteiger partial charge < -0.3 is 14.5 Å². The lowest BCUT2D eigenvalue weighted by Gasteiger charge is -2.25. The molecule has 1 unspecified atom stereocenters. The van der Waals surface area contributed by atoms with E-state index in [1.165, 1.54) is 5.56 Å². The Hall–Kier alpha value is -1.85. The molecule has 1 heterocycles. The Labute approximate surface area is 132 Å². The molecule has 1 atom stereocenters. The van der Waals surface area contributed by atoms with Gasteiger partial charge in [0, 0.05) is 26.7 Å². The Morgan fingerprint density at radius 3 is 2.41 bits per heavy atom. The first kappa shape index (κ1) is 16.5. The first-order valence-corrected chi connectivity index (χ1v) is 7.52. The van der Waals surface area contributed by atoms with E-state index in [-0.39, 0.29) is 0 Å². The van der Waals surface area contributed by atoms with Crippen molar-refractivity contribution in [2.45, 2.75) is 26.5 Å². The number of aliphatic hydroxyl groups is 1. The van der Waals surface area contributed by atoms with Crippen LogP contribution in [0.2, 0.25) is 0 Å². The Morgan fingerprint density at radius 2 is 1.82 bits per heavy atom. The normalized spacial score (nSPS) is 12.6. The van der Waals surface area contributed by atoms with Crippen molar-refractivity contribution in [3.05, 3.63) is 47.3 Å². The van der Waals surface area contributed by atoms with E-state index in [1.54, 1.807) is 0 Å². The monoisotopic (exact) mass is 303 g/mol. The summed E-state index contributed by atoms with van der Waals surface area (Å²) in [5.74, 6) is 0.782. The van der Waals surface area contributed by atoms with E-state index in [9.17, 15) is 5.11 Å². The van der Waals surface area contributed by atoms with Gasteiger partial charge in [-0.05, 0) is 26.5 Å². The number of aromatic nitrogens is 1. The summed E-state index contributed by atoms with van der Waals surface area (Å²) in [5.41, 5.74) is 3.06. The van der Waals surface area contributed by atoms with Gasteiger partial charge in [0.25, 0.3) is 0 Å². The Balaban J connectivity index is 1.86. The number of anilines is 1. The third-order valence-electron chi connectivity index (χ3n) is 3.68. The summed E-state index contributed by atoms with van der Waals surface area (Å²) >= 11 is 0. The fraction of sp³-hybridized carbons (Fsp3) is 0.471. The maximum absolute atomic E-state index is 10.3. The molecule has 0 fully saturated rings. The highest BCUT2D eigenvalue weighted by atomic mass is 16.5. The molecule has 1 N–H and O–H groups in total. The van der Waals surface area contributed by atoms with Crippen LogP contribution in [0.5, 0.6) is 0 Å². The number of benzene rings is 1. The number of hydrogen-bond donors (Lipinski definition) is 1. The van der Waals surface area contributed by atoms with Crippen molar-refractivity contribution in [1.29, 1.82) is 0 Å². The molecule has 120 valence electrons. The zero-order valence-electron chi connectivity index (χ0n) is 13.8. The molecule has 1 aromatic heterocycles. The van der Waals surface area contributed by atoms with Crippen LogP contribution < -0.4 is 4.90 Å². The van der Waals surface area contributed by atoms with Crippen LogP contribution in [-0.2, 0) is 6.54 Å². The van der Waals surface area contributed by atoms with Crippen LogP contribution in [0.15, 0.2) is 34.9 Å². The van der Waals surface area contributed by atoms with E-state index in [2.05, 4.69) is 22.2 Å². The predicted molar refractivity (Wildman–Crippen MR) is 88.0 cm³/mol. The zero-order valence-corrected chi connectivity index (χ0v) is 13.8. The van der Waals surface area contributed by atoms with Crippen LogP contribution in [0.1, 0.15) is 17.0 Å². The lowest BCUT2D eigenvalue weighted by molar-refractivity contribution is 0.128. The topological polar surface area (TPSA) is 52.7 Å². The molecule has 2 aromatic rings. The average Bonchev–Trinajstić information content (AvgIpc) is 2.78. The van der Waals surface area contributed by atoms with E-state index in [1.807, 2.05) is 51.0 Å². The predicted octanol–water partition coefficient (Wildman–Crippen LogP) is 2.22. The minimum absolute atomic E-state index is 0.438. The molecule has 0 bridgehead atoms. The molecule has 0 saturated carbocycles. The van der Waals surface area contributed by atoms with E-state index >= 15 is 0 Å². The lowest BCUT2D eigenvalue weighted by Crippen LogP contribution is -2.37. The zero-order chi connectivity index (χ0) is 16.1. The van der Waals surface area contributed by atoms with E-state index in [0.717, 1.165) is 23.7 Å². The van der Waals surface area contributed by atoms with Gasteiger partial charge in [-0.15, -0.1) is 0 Å². The molecule has 5 heteroatoms. The number of aryl methyl sites for hydroxylation is 2. The van der Waals surface area contributed by atoms with Crippen LogP contribution >= 0.6 is 0 Å². The Bertz CT molecular complexity index is 563. The Kier molecular flexibility index (Phi) is 5.57. The number of aliphatic hydroxyl groups excluding tert-OH is 1. The number of rotatable bonds is 7. The second kappa shape index (κ2) is 7.42. The van der Waals surface area contributed by atoms with Crippen molar-refractivity contribution in [2.75, 3.05) is 32.1 Å². The highest BCUT2D eigenvalue weighted by Crippen LogP contribution is 2.22. The van der Waals surface area contributed by atoms with Gasteiger partial charge in [-0.3, -0.25) is 4.90 Å². The van der Waals surface area contributed by atoms with Crippen LogP contribution in [0.3, 0.4) is 0 Å². The van der Waals surface area contributed by atoms with Crippen molar-refractivity contribution in [3.63, 3.8) is 0 Å². The minimum Gasteiger partial charge on any atom is -0.390 e. The maximum atomic E-state index is 10.3. The molecule has 22 heavy (non-hydrogen) atoms. The molecular weight excluding hydrogens is 278 g/mol. The van der Waals surface area contributed by atoms with Gasteiger partial charge in [-0.2, -0.15) is 0 Å². The minimum atomic E-state index is -0.438. The smallest absolute Gasteiger partial charge is 0.157 e. The van der Waals surface area contributed by atoms with Crippen LogP contribution in [0.4, 0.5) is 5.69 Å². The number of nitrogens with zero attached hydrogens (tertiary/aromatic N) is 3. The van der Waals surface area contributed by atoms with E-state index in [4.69, 9.17) is 4.52 Å². The summed E-state index contributed by atoms with van der Waals surface area (Å²) in [6, 6.07) is 10.3. The fourth-order valence-electron chi connectivity index (χ4n) is 2.81. The largest absolute Gasteiger partial charge is 0.390 e. The molecule has 2 rings (SSSR count). The highest BCUT2D eigenvalue weighted by Gasteiger charge is 2.17. The first-order valence-electron chi connectivity index (χ1n) is 7.52. The van der Waals surface area contributed by atoms with Crippen LogP contribution in [0, 0.1) is 13.8 Å². The SMILES string of the molecule is Cc1noc(C)c1N(C)CC(O)CN(C)Cc1ccccc1. The van der Waals surface area contributed by atoms with E-state index < -0.39 is 6.10 Å². The Morgan fingerprint density at radius 1 is 1.14 bits per heavy atom. The van der Waals surface area contributed by atoms with Gasteiger partial charge in [0.15, 0.2) is 5.76 Å². The molecule has 0 spiro atoms. The second-order valence-electron chi connectivity index (χ2n) is 5.89. The molecule has 0 saturated heterocycles. The molecule has 0 amide bonds. The summed E-state index contributed by atoms with van der Waals surface area (Å²) in [4.78, 5) is 4.13. The van der Waals surface area contributed by atoms with Crippen molar-refractivity contribution in [1.82, 2.24) is 10.1 Å². The van der Waals surface area contributed by atoms with Gasteiger partial charge in [0.1, 0.15) is 11.4 Å². The highest BCUT2D eigenvalue weighted by molar-refractivity contribution is 5.52. The fourth-order valence-corrected chi connectivity index (χ4v) is 2.81. The molecule has 5 nitrogen and oxygen atoms in total. The van der Waals surface area contributed by atoms with Gasteiger partial charge in [-0.1, -0.05) is 35.5 Å². The summed E-state index contributed by atoms with van der Waals surface area (Å²) in [6.07, 6.45) is -0.438. The molecular formula is C17H25N3O2. The van der Waals surface area contributed by atoms with Crippen LogP contribution in [0.25, 0.3) is 0 Å². The third kappa shape index (κ3) is 4.32. The molecule has 0 aliphatic heterocycles.